The van der Waals surface area contributed by atoms with Crippen LogP contribution in [0.4, 0.5) is 5.82 Å². The number of aromatic nitrogens is 5. The van der Waals surface area contributed by atoms with Crippen LogP contribution in [0.15, 0.2) is 48.9 Å². The molecule has 1 aromatic carbocycles. The van der Waals surface area contributed by atoms with Crippen molar-refractivity contribution < 1.29 is 4.79 Å². The van der Waals surface area contributed by atoms with Crippen LogP contribution in [0, 0.1) is 13.8 Å². The Kier molecular flexibility index (Phi) is 5.14. The highest BCUT2D eigenvalue weighted by Crippen LogP contribution is 2.33. The van der Waals surface area contributed by atoms with E-state index in [0.717, 1.165) is 16.7 Å². The summed E-state index contributed by atoms with van der Waals surface area (Å²) >= 11 is 0. The molecule has 8 nitrogen and oxygen atoms in total. The first kappa shape index (κ1) is 20.5. The lowest BCUT2D eigenvalue weighted by Gasteiger charge is -2.26. The fourth-order valence-corrected chi connectivity index (χ4v) is 3.37. The molecule has 4 aromatic rings. The van der Waals surface area contributed by atoms with Crippen LogP contribution in [-0.2, 0) is 5.54 Å². The van der Waals surface area contributed by atoms with Gasteiger partial charge in [-0.3, -0.25) is 9.78 Å². The van der Waals surface area contributed by atoms with E-state index in [1.54, 1.807) is 16.9 Å². The minimum absolute atomic E-state index is 0.238. The fraction of sp³-hybridized carbons (Fsp3) is 0.261. The van der Waals surface area contributed by atoms with Crippen molar-refractivity contribution in [2.75, 3.05) is 12.3 Å². The van der Waals surface area contributed by atoms with Gasteiger partial charge in [-0.25, -0.2) is 14.6 Å². The monoisotopic (exact) mass is 415 g/mol. The topological polar surface area (TPSA) is 112 Å². The van der Waals surface area contributed by atoms with Gasteiger partial charge in [-0.15, -0.1) is 0 Å². The summed E-state index contributed by atoms with van der Waals surface area (Å²) < 4.78 is 1.80. The number of nitrogens with one attached hydrogen (secondary N) is 1. The molecular formula is C23H25N7O. The van der Waals surface area contributed by atoms with Crippen molar-refractivity contribution >= 4 is 22.8 Å². The second kappa shape index (κ2) is 7.79. The smallest absolute Gasteiger partial charge is 0.269 e. The molecule has 1 amide bonds. The van der Waals surface area contributed by atoms with Gasteiger partial charge < -0.3 is 11.1 Å². The third-order valence-corrected chi connectivity index (χ3v) is 5.22. The van der Waals surface area contributed by atoms with Gasteiger partial charge in [0.05, 0.1) is 10.9 Å². The summed E-state index contributed by atoms with van der Waals surface area (Å²) in [5.41, 5.74) is 10.4. The van der Waals surface area contributed by atoms with Crippen molar-refractivity contribution in [3.63, 3.8) is 0 Å². The molecule has 3 heterocycles. The van der Waals surface area contributed by atoms with Crippen molar-refractivity contribution in [3.8, 4) is 11.3 Å². The van der Waals surface area contributed by atoms with Crippen molar-refractivity contribution in [1.82, 2.24) is 30.0 Å². The average molecular weight is 416 g/mol. The Hall–Kier alpha value is -3.81. The molecule has 3 aromatic heterocycles. The van der Waals surface area contributed by atoms with E-state index < -0.39 is 5.54 Å². The SMILES string of the molecule is Cc1ccc(-c2nn(C(C)(C)CNC(=O)c3ccc(C)cn3)c3ncnc(N)c23)cc1. The number of fused-ring (bicyclic) bond motifs is 1. The number of pyridine rings is 1. The summed E-state index contributed by atoms with van der Waals surface area (Å²) in [5.74, 6) is 0.132. The normalized spacial score (nSPS) is 11.6. The second-order valence-corrected chi connectivity index (χ2v) is 8.30. The standard InChI is InChI=1S/C23H25N7O/c1-14-5-8-16(9-6-14)19-18-20(24)27-13-28-21(18)30(29-19)23(3,4)12-26-22(31)17-10-7-15(2)11-25-17/h5-11,13H,12H2,1-4H3,(H,26,31)(H2,24,27,28). The van der Waals surface area contributed by atoms with Crippen LogP contribution in [0.2, 0.25) is 0 Å². The number of nitrogens with two attached hydrogens (primary N) is 1. The number of hydrogen-bond donors (Lipinski definition) is 2. The van der Waals surface area contributed by atoms with E-state index in [1.165, 1.54) is 6.33 Å². The zero-order valence-electron chi connectivity index (χ0n) is 18.0. The molecule has 31 heavy (non-hydrogen) atoms. The van der Waals surface area contributed by atoms with Crippen molar-refractivity contribution in [3.05, 3.63) is 65.7 Å². The minimum Gasteiger partial charge on any atom is -0.383 e. The van der Waals surface area contributed by atoms with Gasteiger partial charge in [0.1, 0.15) is 23.5 Å². The number of nitrogen functional groups attached to an aromatic ring is 1. The quantitative estimate of drug-likeness (QED) is 0.517. The van der Waals surface area contributed by atoms with Gasteiger partial charge in [0, 0.05) is 18.3 Å². The molecule has 3 N–H and O–H groups in total. The predicted molar refractivity (Wildman–Crippen MR) is 121 cm³/mol. The third kappa shape index (κ3) is 3.96. The summed E-state index contributed by atoms with van der Waals surface area (Å²) in [7, 11) is 0. The molecule has 0 spiro atoms. The Morgan fingerprint density at radius 3 is 2.42 bits per heavy atom. The lowest BCUT2D eigenvalue weighted by molar-refractivity contribution is 0.0931. The van der Waals surface area contributed by atoms with E-state index >= 15 is 0 Å². The number of aryl methyl sites for hydroxylation is 2. The molecule has 0 atom stereocenters. The van der Waals surface area contributed by atoms with Gasteiger partial charge in [-0.1, -0.05) is 35.9 Å². The van der Waals surface area contributed by atoms with E-state index in [1.807, 2.05) is 58.0 Å². The first-order chi connectivity index (χ1) is 14.8. The maximum atomic E-state index is 12.6. The van der Waals surface area contributed by atoms with Gasteiger partial charge in [0.25, 0.3) is 5.91 Å². The number of benzene rings is 1. The highest BCUT2D eigenvalue weighted by Gasteiger charge is 2.28. The number of nitrogens with zero attached hydrogens (tertiary/aromatic N) is 5. The van der Waals surface area contributed by atoms with E-state index in [2.05, 4.69) is 20.3 Å². The molecule has 0 saturated carbocycles. The van der Waals surface area contributed by atoms with Gasteiger partial charge in [-0.2, -0.15) is 5.10 Å². The highest BCUT2D eigenvalue weighted by atomic mass is 16.1. The van der Waals surface area contributed by atoms with Crippen molar-refractivity contribution in [2.24, 2.45) is 0 Å². The average Bonchev–Trinajstić information content (AvgIpc) is 3.15. The maximum absolute atomic E-state index is 12.6. The summed E-state index contributed by atoms with van der Waals surface area (Å²) in [5, 5.41) is 8.51. The molecule has 0 bridgehead atoms. The van der Waals surface area contributed by atoms with E-state index in [9.17, 15) is 4.79 Å². The summed E-state index contributed by atoms with van der Waals surface area (Å²) in [6.07, 6.45) is 3.11. The largest absolute Gasteiger partial charge is 0.383 e. The summed E-state index contributed by atoms with van der Waals surface area (Å²) in [6, 6.07) is 11.6. The first-order valence-electron chi connectivity index (χ1n) is 10.0. The van der Waals surface area contributed by atoms with Crippen molar-refractivity contribution in [1.29, 1.82) is 0 Å². The van der Waals surface area contributed by atoms with E-state index in [0.29, 0.717) is 34.8 Å². The minimum atomic E-state index is -0.581. The van der Waals surface area contributed by atoms with Crippen LogP contribution in [0.1, 0.15) is 35.5 Å². The molecule has 0 aliphatic carbocycles. The Labute approximate surface area is 180 Å². The molecule has 0 radical (unpaired) electrons. The second-order valence-electron chi connectivity index (χ2n) is 8.30. The van der Waals surface area contributed by atoms with E-state index in [-0.39, 0.29) is 5.91 Å². The highest BCUT2D eigenvalue weighted by molar-refractivity contribution is 5.98. The number of hydrogen-bond acceptors (Lipinski definition) is 6. The Balaban J connectivity index is 1.69. The molecule has 158 valence electrons. The summed E-state index contributed by atoms with van der Waals surface area (Å²) in [6.45, 7) is 8.26. The molecule has 0 aliphatic rings. The zero-order valence-corrected chi connectivity index (χ0v) is 18.0. The number of amides is 1. The molecule has 0 fully saturated rings. The Morgan fingerprint density at radius 2 is 1.74 bits per heavy atom. The van der Waals surface area contributed by atoms with Crippen LogP contribution in [0.5, 0.6) is 0 Å². The lowest BCUT2D eigenvalue weighted by atomic mass is 10.1. The number of anilines is 1. The van der Waals surface area contributed by atoms with Gasteiger partial charge in [-0.05, 0) is 39.3 Å². The molecule has 0 unspecified atom stereocenters. The lowest BCUT2D eigenvalue weighted by Crippen LogP contribution is -2.41. The Morgan fingerprint density at radius 1 is 1.03 bits per heavy atom. The van der Waals surface area contributed by atoms with Crippen LogP contribution in [0.3, 0.4) is 0 Å². The number of carbonyl (C=O) groups is 1. The van der Waals surface area contributed by atoms with Gasteiger partial charge >= 0.3 is 0 Å². The molecular weight excluding hydrogens is 390 g/mol. The molecule has 8 heteroatoms. The van der Waals surface area contributed by atoms with Crippen LogP contribution in [-0.4, -0.2) is 37.2 Å². The number of carbonyl (C=O) groups excluding carboxylic acids is 1. The van der Waals surface area contributed by atoms with Crippen molar-refractivity contribution in [2.45, 2.75) is 33.2 Å². The van der Waals surface area contributed by atoms with Gasteiger partial charge in [0.15, 0.2) is 5.65 Å². The molecule has 0 aliphatic heterocycles. The molecule has 4 rings (SSSR count). The zero-order chi connectivity index (χ0) is 22.2. The number of rotatable bonds is 5. The Bertz CT molecular complexity index is 1240. The maximum Gasteiger partial charge on any atom is 0.269 e. The van der Waals surface area contributed by atoms with Gasteiger partial charge in [0.2, 0.25) is 0 Å². The van der Waals surface area contributed by atoms with E-state index in [4.69, 9.17) is 10.8 Å². The van der Waals surface area contributed by atoms with Crippen LogP contribution in [0.25, 0.3) is 22.3 Å². The third-order valence-electron chi connectivity index (χ3n) is 5.22. The fourth-order valence-electron chi connectivity index (χ4n) is 3.37. The van der Waals surface area contributed by atoms with Crippen LogP contribution >= 0.6 is 0 Å². The first-order valence-corrected chi connectivity index (χ1v) is 10.0. The molecule has 0 saturated heterocycles. The van der Waals surface area contributed by atoms with Crippen LogP contribution < -0.4 is 11.1 Å². The predicted octanol–water partition coefficient (Wildman–Crippen LogP) is 3.25. The summed E-state index contributed by atoms with van der Waals surface area (Å²) in [4.78, 5) is 25.4.